The first-order chi connectivity index (χ1) is 13.5. The van der Waals surface area contributed by atoms with Crippen LogP contribution in [0.5, 0.6) is 11.5 Å². The molecule has 0 radical (unpaired) electrons. The molecule has 0 aliphatic carbocycles. The third-order valence-electron chi connectivity index (χ3n) is 3.78. The highest BCUT2D eigenvalue weighted by Gasteiger charge is 2.08. The first-order valence-electron chi connectivity index (χ1n) is 8.50. The molecule has 0 spiro atoms. The Kier molecular flexibility index (Phi) is 6.72. The molecule has 0 bridgehead atoms. The van der Waals surface area contributed by atoms with Gasteiger partial charge in [-0.3, -0.25) is 5.10 Å². The van der Waals surface area contributed by atoms with Gasteiger partial charge in [0.2, 0.25) is 4.77 Å². The molecule has 0 amide bonds. The molecular formula is C19H18Cl2N4O2S. The Bertz CT molecular complexity index is 1060. The van der Waals surface area contributed by atoms with E-state index >= 15 is 0 Å². The van der Waals surface area contributed by atoms with Crippen LogP contribution >= 0.6 is 35.4 Å². The van der Waals surface area contributed by atoms with E-state index in [4.69, 9.17) is 44.9 Å². The quantitative estimate of drug-likeness (QED) is 0.396. The molecule has 146 valence electrons. The fourth-order valence-electron chi connectivity index (χ4n) is 2.41. The number of benzene rings is 2. The van der Waals surface area contributed by atoms with Gasteiger partial charge in [0.15, 0.2) is 11.5 Å². The van der Waals surface area contributed by atoms with Crippen molar-refractivity contribution in [3.63, 3.8) is 0 Å². The van der Waals surface area contributed by atoms with E-state index in [0.29, 0.717) is 45.4 Å². The number of aromatic amines is 1. The normalized spacial score (nSPS) is 11.1. The lowest BCUT2D eigenvalue weighted by Crippen LogP contribution is -2.01. The number of hydrogen-bond acceptors (Lipinski definition) is 5. The maximum Gasteiger partial charge on any atom is 0.216 e. The van der Waals surface area contributed by atoms with Crippen molar-refractivity contribution < 1.29 is 9.47 Å². The SMILES string of the molecule is CCOc1cc(/C=N/n2c(C)n[nH]c2=S)ccc1OCc1ccc(Cl)c(Cl)c1. The van der Waals surface area contributed by atoms with Gasteiger partial charge < -0.3 is 9.47 Å². The van der Waals surface area contributed by atoms with E-state index in [-0.39, 0.29) is 0 Å². The Hall–Kier alpha value is -2.35. The van der Waals surface area contributed by atoms with Gasteiger partial charge in [0.1, 0.15) is 12.4 Å². The lowest BCUT2D eigenvalue weighted by Gasteiger charge is -2.13. The highest BCUT2D eigenvalue weighted by molar-refractivity contribution is 7.71. The Morgan fingerprint density at radius 2 is 1.96 bits per heavy atom. The lowest BCUT2D eigenvalue weighted by atomic mass is 10.2. The van der Waals surface area contributed by atoms with E-state index in [1.54, 1.807) is 23.0 Å². The summed E-state index contributed by atoms with van der Waals surface area (Å²) in [6, 6.07) is 11.0. The van der Waals surface area contributed by atoms with Gasteiger partial charge in [-0.2, -0.15) is 14.9 Å². The van der Waals surface area contributed by atoms with Crippen LogP contribution in [0.15, 0.2) is 41.5 Å². The molecule has 0 atom stereocenters. The van der Waals surface area contributed by atoms with Crippen molar-refractivity contribution in [1.29, 1.82) is 0 Å². The molecule has 2 aromatic carbocycles. The summed E-state index contributed by atoms with van der Waals surface area (Å²) in [5.74, 6) is 1.92. The van der Waals surface area contributed by atoms with E-state index in [0.717, 1.165) is 11.1 Å². The van der Waals surface area contributed by atoms with Crippen molar-refractivity contribution in [2.75, 3.05) is 6.61 Å². The number of aromatic nitrogens is 3. The molecule has 0 unspecified atom stereocenters. The Morgan fingerprint density at radius 3 is 2.64 bits per heavy atom. The third kappa shape index (κ3) is 4.92. The van der Waals surface area contributed by atoms with Crippen molar-refractivity contribution >= 4 is 41.6 Å². The van der Waals surface area contributed by atoms with Gasteiger partial charge in [-0.25, -0.2) is 0 Å². The first kappa shape index (κ1) is 20.4. The van der Waals surface area contributed by atoms with Crippen LogP contribution in [0, 0.1) is 11.7 Å². The predicted octanol–water partition coefficient (Wildman–Crippen LogP) is 5.42. The summed E-state index contributed by atoms with van der Waals surface area (Å²) in [7, 11) is 0. The van der Waals surface area contributed by atoms with Crippen molar-refractivity contribution in [3.8, 4) is 11.5 Å². The molecule has 0 aliphatic heterocycles. The zero-order valence-electron chi connectivity index (χ0n) is 15.3. The van der Waals surface area contributed by atoms with E-state index in [2.05, 4.69) is 15.3 Å². The predicted molar refractivity (Wildman–Crippen MR) is 114 cm³/mol. The number of ether oxygens (including phenoxy) is 2. The average molecular weight is 437 g/mol. The molecule has 1 aromatic heterocycles. The van der Waals surface area contributed by atoms with Crippen molar-refractivity contribution in [3.05, 3.63) is 68.2 Å². The fourth-order valence-corrected chi connectivity index (χ4v) is 2.96. The van der Waals surface area contributed by atoms with Crippen molar-refractivity contribution in [1.82, 2.24) is 14.9 Å². The lowest BCUT2D eigenvalue weighted by molar-refractivity contribution is 0.269. The monoisotopic (exact) mass is 436 g/mol. The van der Waals surface area contributed by atoms with Gasteiger partial charge in [-0.05, 0) is 67.5 Å². The minimum Gasteiger partial charge on any atom is -0.490 e. The number of halogens is 2. The molecule has 0 aliphatic rings. The minimum absolute atomic E-state index is 0.341. The number of hydrogen-bond donors (Lipinski definition) is 1. The van der Waals surface area contributed by atoms with Gasteiger partial charge in [0.25, 0.3) is 0 Å². The second-order valence-corrected chi connectivity index (χ2v) is 7.01. The second-order valence-electron chi connectivity index (χ2n) is 5.81. The van der Waals surface area contributed by atoms with Gasteiger partial charge >= 0.3 is 0 Å². The van der Waals surface area contributed by atoms with Crippen molar-refractivity contribution in [2.24, 2.45) is 5.10 Å². The number of aryl methyl sites for hydroxylation is 1. The Balaban J connectivity index is 1.78. The first-order valence-corrected chi connectivity index (χ1v) is 9.66. The molecule has 0 saturated carbocycles. The van der Waals surface area contributed by atoms with Crippen LogP contribution in [0.2, 0.25) is 10.0 Å². The molecule has 3 aromatic rings. The fraction of sp³-hybridized carbons (Fsp3) is 0.211. The van der Waals surface area contributed by atoms with E-state index in [9.17, 15) is 0 Å². The van der Waals surface area contributed by atoms with Gasteiger partial charge in [0, 0.05) is 0 Å². The molecule has 0 fully saturated rings. The summed E-state index contributed by atoms with van der Waals surface area (Å²) in [5, 5.41) is 12.1. The molecular weight excluding hydrogens is 419 g/mol. The molecule has 0 saturated heterocycles. The summed E-state index contributed by atoms with van der Waals surface area (Å²) < 4.78 is 13.6. The van der Waals surface area contributed by atoms with E-state index in [1.165, 1.54) is 0 Å². The largest absolute Gasteiger partial charge is 0.490 e. The molecule has 1 N–H and O–H groups in total. The number of nitrogens with one attached hydrogen (secondary N) is 1. The smallest absolute Gasteiger partial charge is 0.216 e. The highest BCUT2D eigenvalue weighted by Crippen LogP contribution is 2.30. The Labute approximate surface area is 177 Å². The van der Waals surface area contributed by atoms with Gasteiger partial charge in [-0.1, -0.05) is 29.3 Å². The highest BCUT2D eigenvalue weighted by atomic mass is 35.5. The number of rotatable bonds is 7. The van der Waals surface area contributed by atoms with Crippen LogP contribution in [0.25, 0.3) is 0 Å². The average Bonchev–Trinajstić information content (AvgIpc) is 3.00. The van der Waals surface area contributed by atoms with Gasteiger partial charge in [0.05, 0.1) is 22.9 Å². The van der Waals surface area contributed by atoms with Crippen LogP contribution in [-0.2, 0) is 6.61 Å². The van der Waals surface area contributed by atoms with Crippen LogP contribution in [-0.4, -0.2) is 27.7 Å². The molecule has 3 rings (SSSR count). The molecule has 9 heteroatoms. The molecule has 6 nitrogen and oxygen atoms in total. The van der Waals surface area contributed by atoms with Crippen LogP contribution in [0.1, 0.15) is 23.9 Å². The molecule has 1 heterocycles. The topological polar surface area (TPSA) is 64.4 Å². The van der Waals surface area contributed by atoms with E-state index in [1.807, 2.05) is 38.1 Å². The Morgan fingerprint density at radius 1 is 1.14 bits per heavy atom. The van der Waals surface area contributed by atoms with Crippen molar-refractivity contribution in [2.45, 2.75) is 20.5 Å². The summed E-state index contributed by atoms with van der Waals surface area (Å²) >= 11 is 17.1. The zero-order chi connectivity index (χ0) is 20.1. The van der Waals surface area contributed by atoms with Crippen LogP contribution in [0.4, 0.5) is 0 Å². The second kappa shape index (κ2) is 9.23. The van der Waals surface area contributed by atoms with Crippen LogP contribution < -0.4 is 9.47 Å². The minimum atomic E-state index is 0.341. The molecule has 28 heavy (non-hydrogen) atoms. The summed E-state index contributed by atoms with van der Waals surface area (Å²) in [5.41, 5.74) is 1.75. The number of H-pyrrole nitrogens is 1. The summed E-state index contributed by atoms with van der Waals surface area (Å²) in [6.07, 6.45) is 1.68. The zero-order valence-corrected chi connectivity index (χ0v) is 17.6. The maximum atomic E-state index is 6.05. The van der Waals surface area contributed by atoms with Gasteiger partial charge in [-0.15, -0.1) is 0 Å². The maximum absolute atomic E-state index is 6.05. The van der Waals surface area contributed by atoms with E-state index < -0.39 is 0 Å². The summed E-state index contributed by atoms with van der Waals surface area (Å²) in [6.45, 7) is 4.58. The van der Waals surface area contributed by atoms with Crippen LogP contribution in [0.3, 0.4) is 0 Å². The third-order valence-corrected chi connectivity index (χ3v) is 4.78. The number of nitrogens with zero attached hydrogens (tertiary/aromatic N) is 3. The summed E-state index contributed by atoms with van der Waals surface area (Å²) in [4.78, 5) is 0. The standard InChI is InChI=1S/C19H18Cl2N4O2S/c1-3-26-18-9-13(10-22-25-12(2)23-24-19(25)28)5-7-17(18)27-11-14-4-6-15(20)16(21)8-14/h4-10H,3,11H2,1-2H3,(H,24,28)/b22-10+.